The van der Waals surface area contributed by atoms with Crippen LogP contribution in [0.2, 0.25) is 0 Å². The zero-order valence-corrected chi connectivity index (χ0v) is 42.5. The van der Waals surface area contributed by atoms with Gasteiger partial charge in [-0.1, -0.05) is 221 Å². The van der Waals surface area contributed by atoms with Crippen molar-refractivity contribution in [2.75, 3.05) is 13.2 Å². The molecule has 65 heavy (non-hydrogen) atoms. The van der Waals surface area contributed by atoms with Crippen molar-refractivity contribution in [1.29, 1.82) is 0 Å². The molecule has 1 unspecified atom stereocenters. The molecule has 0 aromatic rings. The Morgan fingerprint density at radius 1 is 0.338 bits per heavy atom. The van der Waals surface area contributed by atoms with Crippen molar-refractivity contribution in [3.05, 3.63) is 85.1 Å². The van der Waals surface area contributed by atoms with E-state index < -0.39 is 6.10 Å². The Labute approximate surface area is 401 Å². The first kappa shape index (κ1) is 61.6. The van der Waals surface area contributed by atoms with E-state index in [0.29, 0.717) is 19.3 Å². The summed E-state index contributed by atoms with van der Waals surface area (Å²) in [5.74, 6) is -0.945. The lowest BCUT2D eigenvalue weighted by Gasteiger charge is -2.18. The molecule has 6 nitrogen and oxygen atoms in total. The van der Waals surface area contributed by atoms with Gasteiger partial charge in [0.2, 0.25) is 0 Å². The van der Waals surface area contributed by atoms with Gasteiger partial charge in [-0.15, -0.1) is 0 Å². The zero-order valence-electron chi connectivity index (χ0n) is 42.5. The van der Waals surface area contributed by atoms with Gasteiger partial charge in [-0.25, -0.2) is 0 Å². The van der Waals surface area contributed by atoms with Crippen LogP contribution in [0.1, 0.15) is 252 Å². The highest BCUT2D eigenvalue weighted by atomic mass is 16.6. The van der Waals surface area contributed by atoms with Crippen LogP contribution in [0.5, 0.6) is 0 Å². The molecule has 0 saturated carbocycles. The second kappa shape index (κ2) is 53.2. The number of carbonyl (C=O) groups is 3. The number of hydrogen-bond donors (Lipinski definition) is 0. The molecule has 0 aromatic heterocycles. The Balaban J connectivity index is 4.44. The molecule has 0 amide bonds. The number of esters is 3. The molecule has 0 bridgehead atoms. The van der Waals surface area contributed by atoms with Crippen LogP contribution >= 0.6 is 0 Å². The van der Waals surface area contributed by atoms with Gasteiger partial charge in [0, 0.05) is 19.3 Å². The van der Waals surface area contributed by atoms with Gasteiger partial charge in [0.1, 0.15) is 13.2 Å². The fourth-order valence-corrected chi connectivity index (χ4v) is 7.36. The minimum absolute atomic E-state index is 0.0954. The molecule has 0 heterocycles. The topological polar surface area (TPSA) is 78.9 Å². The summed E-state index contributed by atoms with van der Waals surface area (Å²) >= 11 is 0. The summed E-state index contributed by atoms with van der Waals surface area (Å²) in [7, 11) is 0. The second-order valence-corrected chi connectivity index (χ2v) is 17.8. The SMILES string of the molecule is CC\C=C/C=C\C=C/C=C\CCCCCC(=O)OCC(COC(=O)CCCCCCCCC/C=C\C/C=C\CCCCC)OC(=O)CCCCCCCCC/C=C\CCCCCCCC. The Kier molecular flexibility index (Phi) is 50.4. The van der Waals surface area contributed by atoms with Crippen molar-refractivity contribution in [2.24, 2.45) is 0 Å². The maximum atomic E-state index is 12.8. The molecule has 0 aliphatic heterocycles. The van der Waals surface area contributed by atoms with Gasteiger partial charge in [-0.3, -0.25) is 14.4 Å². The molecule has 0 fully saturated rings. The van der Waals surface area contributed by atoms with E-state index in [0.717, 1.165) is 83.5 Å². The van der Waals surface area contributed by atoms with Gasteiger partial charge in [0.05, 0.1) is 0 Å². The minimum atomic E-state index is -0.798. The largest absolute Gasteiger partial charge is 0.462 e. The van der Waals surface area contributed by atoms with Crippen LogP contribution in [0.15, 0.2) is 85.1 Å². The molecule has 0 aromatic carbocycles. The molecule has 372 valence electrons. The molecular formula is C59H100O6. The van der Waals surface area contributed by atoms with Crippen molar-refractivity contribution in [3.63, 3.8) is 0 Å². The summed E-state index contributed by atoms with van der Waals surface area (Å²) in [4.78, 5) is 38.0. The van der Waals surface area contributed by atoms with Crippen molar-refractivity contribution >= 4 is 17.9 Å². The van der Waals surface area contributed by atoms with Gasteiger partial charge < -0.3 is 14.2 Å². The number of allylic oxidation sites excluding steroid dienone is 14. The number of hydrogen-bond acceptors (Lipinski definition) is 6. The smallest absolute Gasteiger partial charge is 0.306 e. The summed E-state index contributed by atoms with van der Waals surface area (Å²) < 4.78 is 16.8. The van der Waals surface area contributed by atoms with E-state index in [1.54, 1.807) is 0 Å². The van der Waals surface area contributed by atoms with E-state index in [2.05, 4.69) is 69.4 Å². The first-order valence-corrected chi connectivity index (χ1v) is 27.1. The zero-order chi connectivity index (χ0) is 47.2. The quantitative estimate of drug-likeness (QED) is 0.0199. The average Bonchev–Trinajstić information content (AvgIpc) is 3.30. The van der Waals surface area contributed by atoms with Crippen LogP contribution in [0.25, 0.3) is 0 Å². The Bertz CT molecular complexity index is 1270. The molecular weight excluding hydrogens is 805 g/mol. The van der Waals surface area contributed by atoms with Gasteiger partial charge in [0.15, 0.2) is 6.10 Å². The highest BCUT2D eigenvalue weighted by molar-refractivity contribution is 5.71. The van der Waals surface area contributed by atoms with E-state index in [-0.39, 0.29) is 31.1 Å². The third kappa shape index (κ3) is 51.4. The van der Waals surface area contributed by atoms with Crippen LogP contribution < -0.4 is 0 Å². The maximum Gasteiger partial charge on any atom is 0.306 e. The maximum absolute atomic E-state index is 12.8. The van der Waals surface area contributed by atoms with Crippen LogP contribution in [-0.4, -0.2) is 37.2 Å². The highest BCUT2D eigenvalue weighted by Gasteiger charge is 2.19. The van der Waals surface area contributed by atoms with Gasteiger partial charge in [0.25, 0.3) is 0 Å². The van der Waals surface area contributed by atoms with Crippen molar-refractivity contribution in [1.82, 2.24) is 0 Å². The van der Waals surface area contributed by atoms with E-state index >= 15 is 0 Å². The molecule has 0 rings (SSSR count). The third-order valence-corrected chi connectivity index (χ3v) is 11.4. The van der Waals surface area contributed by atoms with E-state index in [1.807, 2.05) is 36.5 Å². The lowest BCUT2D eigenvalue weighted by Crippen LogP contribution is -2.30. The van der Waals surface area contributed by atoms with E-state index in [1.165, 1.54) is 128 Å². The number of rotatable bonds is 48. The molecule has 0 radical (unpaired) electrons. The third-order valence-electron chi connectivity index (χ3n) is 11.4. The van der Waals surface area contributed by atoms with Crippen LogP contribution in [0.4, 0.5) is 0 Å². The van der Waals surface area contributed by atoms with Crippen molar-refractivity contribution in [2.45, 2.75) is 258 Å². The summed E-state index contributed by atoms with van der Waals surface area (Å²) in [6.45, 7) is 6.43. The van der Waals surface area contributed by atoms with Crippen LogP contribution in [0.3, 0.4) is 0 Å². The summed E-state index contributed by atoms with van der Waals surface area (Å²) in [6.07, 6.45) is 68.5. The summed E-state index contributed by atoms with van der Waals surface area (Å²) in [5, 5.41) is 0. The Morgan fingerprint density at radius 3 is 1.12 bits per heavy atom. The molecule has 0 aliphatic carbocycles. The molecule has 0 N–H and O–H groups in total. The fourth-order valence-electron chi connectivity index (χ4n) is 7.36. The van der Waals surface area contributed by atoms with Gasteiger partial charge in [-0.2, -0.15) is 0 Å². The van der Waals surface area contributed by atoms with Crippen LogP contribution in [0, 0.1) is 0 Å². The van der Waals surface area contributed by atoms with Crippen molar-refractivity contribution in [3.8, 4) is 0 Å². The van der Waals surface area contributed by atoms with Gasteiger partial charge >= 0.3 is 17.9 Å². The standard InChI is InChI=1S/C59H100O6/c1-4-7-10-13-16-19-22-25-27-29-31-34-37-40-43-46-49-52-58(61)64-55-56(54-63-57(60)51-48-45-42-39-36-33-24-21-18-15-12-9-6-3)65-59(62)53-50-47-44-41-38-35-32-30-28-26-23-20-17-14-11-8-5-2/h9,12,15-16,18-19,21,24-28,33,36,56H,4-8,10-11,13-14,17,20,22-23,29-32,34-35,37-55H2,1-3H3/b12-9-,18-15-,19-16-,24-21-,27-25-,28-26-,36-33-. The number of unbranched alkanes of at least 4 members (excludes halogenated alkanes) is 26. The first-order valence-electron chi connectivity index (χ1n) is 27.1. The minimum Gasteiger partial charge on any atom is -0.462 e. The first-order chi connectivity index (χ1) is 32.0. The summed E-state index contributed by atoms with van der Waals surface area (Å²) in [5.41, 5.74) is 0. The molecule has 0 spiro atoms. The lowest BCUT2D eigenvalue weighted by molar-refractivity contribution is -0.167. The average molecular weight is 905 g/mol. The predicted molar refractivity (Wildman–Crippen MR) is 279 cm³/mol. The molecule has 0 saturated heterocycles. The fraction of sp³-hybridized carbons (Fsp3) is 0.712. The Hall–Kier alpha value is -3.41. The highest BCUT2D eigenvalue weighted by Crippen LogP contribution is 2.14. The Morgan fingerprint density at radius 2 is 0.662 bits per heavy atom. The normalized spacial score (nSPS) is 12.7. The lowest BCUT2D eigenvalue weighted by atomic mass is 10.1. The second-order valence-electron chi connectivity index (χ2n) is 17.8. The molecule has 0 aliphatic rings. The van der Waals surface area contributed by atoms with Crippen LogP contribution in [-0.2, 0) is 28.6 Å². The number of carbonyl (C=O) groups excluding carboxylic acids is 3. The predicted octanol–water partition coefficient (Wildman–Crippen LogP) is 18.0. The van der Waals surface area contributed by atoms with Gasteiger partial charge in [-0.05, 0) is 96.3 Å². The molecule has 1 atom stereocenters. The van der Waals surface area contributed by atoms with E-state index in [9.17, 15) is 14.4 Å². The summed E-state index contributed by atoms with van der Waals surface area (Å²) in [6, 6.07) is 0. The van der Waals surface area contributed by atoms with Crippen molar-refractivity contribution < 1.29 is 28.6 Å². The van der Waals surface area contributed by atoms with E-state index in [4.69, 9.17) is 14.2 Å². The number of ether oxygens (including phenoxy) is 3. The monoisotopic (exact) mass is 905 g/mol. The molecule has 6 heteroatoms.